The van der Waals surface area contributed by atoms with Crippen LogP contribution in [0.4, 0.5) is 10.1 Å². The summed E-state index contributed by atoms with van der Waals surface area (Å²) in [6.45, 7) is 5.00. The monoisotopic (exact) mass is 519 g/mol. The van der Waals surface area contributed by atoms with Crippen molar-refractivity contribution in [3.05, 3.63) is 65.5 Å². The number of rotatable bonds is 13. The number of amides is 2. The molecule has 10 heteroatoms. The highest BCUT2D eigenvalue weighted by Crippen LogP contribution is 2.21. The lowest BCUT2D eigenvalue weighted by molar-refractivity contribution is -0.140. The van der Waals surface area contributed by atoms with Gasteiger partial charge in [-0.1, -0.05) is 44.5 Å². The van der Waals surface area contributed by atoms with Crippen molar-refractivity contribution in [1.29, 1.82) is 0 Å². The number of unbranched alkanes of at least 4 members (excludes halogenated alkanes) is 1. The Labute approximate surface area is 212 Å². The van der Waals surface area contributed by atoms with Crippen molar-refractivity contribution in [1.82, 2.24) is 10.2 Å². The second-order valence-corrected chi connectivity index (χ2v) is 10.5. The number of ketones is 1. The van der Waals surface area contributed by atoms with Crippen molar-refractivity contribution in [2.45, 2.75) is 52.6 Å². The average Bonchev–Trinajstić information content (AvgIpc) is 2.83. The molecule has 1 N–H and O–H groups in total. The molecular formula is C26H34FN3O5S. The molecule has 1 atom stereocenters. The predicted molar refractivity (Wildman–Crippen MR) is 138 cm³/mol. The first-order chi connectivity index (χ1) is 17.0. The van der Waals surface area contributed by atoms with E-state index < -0.39 is 34.3 Å². The number of nitrogens with one attached hydrogen (secondary N) is 1. The van der Waals surface area contributed by atoms with Crippen molar-refractivity contribution >= 4 is 33.3 Å². The molecule has 0 fully saturated rings. The number of carbonyl (C=O) groups is 3. The van der Waals surface area contributed by atoms with Gasteiger partial charge in [-0.3, -0.25) is 18.7 Å². The number of Topliss-reactive ketones (excluding diaryl/α,β-unsaturated/α-hetero) is 1. The summed E-state index contributed by atoms with van der Waals surface area (Å²) < 4.78 is 39.7. The van der Waals surface area contributed by atoms with Gasteiger partial charge in [0.25, 0.3) is 0 Å². The van der Waals surface area contributed by atoms with Crippen molar-refractivity contribution in [3.63, 3.8) is 0 Å². The van der Waals surface area contributed by atoms with E-state index in [9.17, 15) is 27.2 Å². The van der Waals surface area contributed by atoms with Gasteiger partial charge in [0, 0.05) is 18.7 Å². The van der Waals surface area contributed by atoms with E-state index >= 15 is 0 Å². The van der Waals surface area contributed by atoms with Gasteiger partial charge in [0.05, 0.1) is 11.9 Å². The number of hydrogen-bond acceptors (Lipinski definition) is 5. The van der Waals surface area contributed by atoms with Gasteiger partial charge in [-0.25, -0.2) is 12.8 Å². The summed E-state index contributed by atoms with van der Waals surface area (Å²) in [5, 5.41) is 2.84. The number of anilines is 1. The zero-order chi connectivity index (χ0) is 26.9. The third kappa shape index (κ3) is 8.15. The van der Waals surface area contributed by atoms with Crippen LogP contribution < -0.4 is 9.62 Å². The first-order valence-electron chi connectivity index (χ1n) is 11.9. The average molecular weight is 520 g/mol. The zero-order valence-corrected chi connectivity index (χ0v) is 22.0. The summed E-state index contributed by atoms with van der Waals surface area (Å²) in [4.78, 5) is 39.7. The van der Waals surface area contributed by atoms with Gasteiger partial charge in [-0.15, -0.1) is 0 Å². The number of carbonyl (C=O) groups excluding carboxylic acids is 3. The van der Waals surface area contributed by atoms with Crippen molar-refractivity contribution < 1.29 is 27.2 Å². The fourth-order valence-corrected chi connectivity index (χ4v) is 4.55. The van der Waals surface area contributed by atoms with E-state index in [4.69, 9.17) is 0 Å². The normalized spacial score (nSPS) is 12.0. The Morgan fingerprint density at radius 1 is 1.06 bits per heavy atom. The zero-order valence-electron chi connectivity index (χ0n) is 21.2. The molecule has 0 spiro atoms. The number of nitrogens with zero attached hydrogens (tertiary/aromatic N) is 2. The minimum absolute atomic E-state index is 0.0100. The molecule has 0 saturated heterocycles. The predicted octanol–water partition coefficient (Wildman–Crippen LogP) is 3.52. The van der Waals surface area contributed by atoms with Crippen LogP contribution in [-0.4, -0.2) is 56.3 Å². The van der Waals surface area contributed by atoms with Crippen LogP contribution in [0, 0.1) is 5.82 Å². The number of halogens is 1. The Kier molecular flexibility index (Phi) is 10.6. The fraction of sp³-hybridized carbons (Fsp3) is 0.423. The summed E-state index contributed by atoms with van der Waals surface area (Å²) >= 11 is 0. The van der Waals surface area contributed by atoms with Crippen molar-refractivity contribution in [3.8, 4) is 0 Å². The molecule has 0 aliphatic rings. The maximum absolute atomic E-state index is 13.6. The summed E-state index contributed by atoms with van der Waals surface area (Å²) in [5.41, 5.74) is 1.06. The molecule has 0 unspecified atom stereocenters. The van der Waals surface area contributed by atoms with E-state index in [1.54, 1.807) is 19.1 Å². The molecule has 2 amide bonds. The van der Waals surface area contributed by atoms with E-state index in [0.717, 1.165) is 23.4 Å². The summed E-state index contributed by atoms with van der Waals surface area (Å²) in [6.07, 6.45) is 2.93. The van der Waals surface area contributed by atoms with Gasteiger partial charge in [0.15, 0.2) is 5.78 Å². The van der Waals surface area contributed by atoms with E-state index in [1.165, 1.54) is 48.2 Å². The summed E-state index contributed by atoms with van der Waals surface area (Å²) in [7, 11) is -3.91. The van der Waals surface area contributed by atoms with Gasteiger partial charge >= 0.3 is 0 Å². The third-order valence-corrected chi connectivity index (χ3v) is 6.84. The second kappa shape index (κ2) is 13.2. The van der Waals surface area contributed by atoms with Gasteiger partial charge in [0.2, 0.25) is 21.8 Å². The van der Waals surface area contributed by atoms with E-state index in [0.29, 0.717) is 24.1 Å². The minimum atomic E-state index is -3.91. The summed E-state index contributed by atoms with van der Waals surface area (Å²) in [5.74, 6) is -1.62. The van der Waals surface area contributed by atoms with Crippen LogP contribution in [-0.2, 0) is 26.2 Å². The van der Waals surface area contributed by atoms with Crippen LogP contribution in [0.3, 0.4) is 0 Å². The Morgan fingerprint density at radius 3 is 2.28 bits per heavy atom. The first kappa shape index (κ1) is 29.0. The maximum Gasteiger partial charge on any atom is 0.244 e. The number of sulfonamides is 1. The Hall–Kier alpha value is -3.27. The fourth-order valence-electron chi connectivity index (χ4n) is 3.71. The standard InChI is InChI=1S/C26H34FN3O5S/c1-5-7-15-28-26(33)24(6-2)29(17-20-11-13-22(27)14-12-20)25(32)18-30(36(4,34)35)23-10-8-9-21(16-23)19(3)31/h8-14,16,24H,5-7,15,17-18H2,1-4H3,(H,28,33)/t24-/m1/s1. The van der Waals surface area contributed by atoms with Gasteiger partial charge in [-0.05, 0) is 49.6 Å². The van der Waals surface area contributed by atoms with Crippen LogP contribution >= 0.6 is 0 Å². The molecule has 0 radical (unpaired) electrons. The topological polar surface area (TPSA) is 104 Å². The van der Waals surface area contributed by atoms with Crippen molar-refractivity contribution in [2.75, 3.05) is 23.7 Å². The SMILES string of the molecule is CCCCNC(=O)[C@@H](CC)N(Cc1ccc(F)cc1)C(=O)CN(c1cccc(C(C)=O)c1)S(C)(=O)=O. The molecule has 36 heavy (non-hydrogen) atoms. The third-order valence-electron chi connectivity index (χ3n) is 5.70. The second-order valence-electron chi connectivity index (χ2n) is 8.59. The molecule has 0 aliphatic heterocycles. The molecular weight excluding hydrogens is 485 g/mol. The van der Waals surface area contributed by atoms with E-state index in [-0.39, 0.29) is 23.9 Å². The first-order valence-corrected chi connectivity index (χ1v) is 13.7. The lowest BCUT2D eigenvalue weighted by Crippen LogP contribution is -2.52. The van der Waals surface area contributed by atoms with Crippen molar-refractivity contribution in [2.24, 2.45) is 0 Å². The quantitative estimate of drug-likeness (QED) is 0.322. The minimum Gasteiger partial charge on any atom is -0.354 e. The molecule has 0 aliphatic carbocycles. The van der Waals surface area contributed by atoms with Gasteiger partial charge < -0.3 is 10.2 Å². The van der Waals surface area contributed by atoms with Gasteiger partial charge in [-0.2, -0.15) is 0 Å². The summed E-state index contributed by atoms with van der Waals surface area (Å²) in [6, 6.07) is 10.7. The molecule has 0 saturated carbocycles. The highest BCUT2D eigenvalue weighted by atomic mass is 32.2. The largest absolute Gasteiger partial charge is 0.354 e. The van der Waals surface area contributed by atoms with E-state index in [2.05, 4.69) is 5.32 Å². The molecule has 8 nitrogen and oxygen atoms in total. The smallest absolute Gasteiger partial charge is 0.244 e. The number of hydrogen-bond donors (Lipinski definition) is 1. The molecule has 196 valence electrons. The van der Waals surface area contributed by atoms with Gasteiger partial charge in [0.1, 0.15) is 18.4 Å². The van der Waals surface area contributed by atoms with Crippen LogP contribution in [0.5, 0.6) is 0 Å². The van der Waals surface area contributed by atoms with Crippen LogP contribution in [0.25, 0.3) is 0 Å². The highest BCUT2D eigenvalue weighted by Gasteiger charge is 2.31. The van der Waals surface area contributed by atoms with Crippen LogP contribution in [0.1, 0.15) is 56.0 Å². The Morgan fingerprint density at radius 2 is 1.72 bits per heavy atom. The molecule has 2 aromatic carbocycles. The molecule has 0 heterocycles. The molecule has 0 bridgehead atoms. The molecule has 0 aromatic heterocycles. The Balaban J connectivity index is 2.43. The molecule has 2 aromatic rings. The van der Waals surface area contributed by atoms with Crippen LogP contribution in [0.2, 0.25) is 0 Å². The lowest BCUT2D eigenvalue weighted by Gasteiger charge is -2.33. The maximum atomic E-state index is 13.6. The highest BCUT2D eigenvalue weighted by molar-refractivity contribution is 7.92. The Bertz CT molecular complexity index is 1170. The lowest BCUT2D eigenvalue weighted by atomic mass is 10.1. The van der Waals surface area contributed by atoms with E-state index in [1.807, 2.05) is 6.92 Å². The van der Waals surface area contributed by atoms with Crippen LogP contribution in [0.15, 0.2) is 48.5 Å². The number of benzene rings is 2. The molecule has 2 rings (SSSR count).